The van der Waals surface area contributed by atoms with Gasteiger partial charge < -0.3 is 10.6 Å². The Labute approximate surface area is 173 Å². The van der Waals surface area contributed by atoms with Crippen LogP contribution in [-0.2, 0) is 6.18 Å². The zero-order valence-electron chi connectivity index (χ0n) is 14.7. The normalized spacial score (nSPS) is 12.3. The molecule has 150 valence electrons. The number of hydrogen-bond donors (Lipinski definition) is 2. The van der Waals surface area contributed by atoms with Crippen LogP contribution in [0, 0.1) is 0 Å². The number of alkyl halides is 3. The third-order valence-corrected chi connectivity index (χ3v) is 5.13. The van der Waals surface area contributed by atoms with E-state index < -0.39 is 29.6 Å². The molecule has 0 aliphatic heterocycles. The second kappa shape index (κ2) is 8.67. The van der Waals surface area contributed by atoms with Crippen LogP contribution in [0.1, 0.15) is 25.6 Å². The molecule has 3 aromatic rings. The van der Waals surface area contributed by atoms with Gasteiger partial charge >= 0.3 is 6.18 Å². The highest BCUT2D eigenvalue weighted by atomic mass is 35.5. The first kappa shape index (κ1) is 20.9. The van der Waals surface area contributed by atoms with Crippen molar-refractivity contribution in [3.8, 4) is 0 Å². The summed E-state index contributed by atoms with van der Waals surface area (Å²) >= 11 is 7.20. The van der Waals surface area contributed by atoms with E-state index in [1.807, 2.05) is 0 Å². The molecule has 2 N–H and O–H groups in total. The number of hydrogen-bond acceptors (Lipinski definition) is 4. The van der Waals surface area contributed by atoms with Crippen LogP contribution >= 0.6 is 22.9 Å². The largest absolute Gasteiger partial charge is 0.416 e. The van der Waals surface area contributed by atoms with Crippen LogP contribution in [0.15, 0.2) is 66.0 Å². The van der Waals surface area contributed by atoms with Crippen molar-refractivity contribution in [1.82, 2.24) is 5.32 Å². The fourth-order valence-corrected chi connectivity index (χ4v) is 3.31. The summed E-state index contributed by atoms with van der Waals surface area (Å²) in [4.78, 5) is 25.7. The SMILES string of the molecule is O=C(N[C@H](Nc1cc(C(F)(F)F)ccc1Cl)C(=O)c1ccccc1)c1cccs1. The molecular formula is C20H14ClF3N2O2S. The van der Waals surface area contributed by atoms with Crippen LogP contribution in [0.3, 0.4) is 0 Å². The Bertz CT molecular complexity index is 1010. The number of Topliss-reactive ketones (excluding diaryl/α,β-unsaturated/α-hetero) is 1. The second-order valence-electron chi connectivity index (χ2n) is 5.95. The molecule has 0 aliphatic rings. The van der Waals surface area contributed by atoms with Crippen molar-refractivity contribution in [1.29, 1.82) is 0 Å². The van der Waals surface area contributed by atoms with Crippen LogP contribution in [-0.4, -0.2) is 17.9 Å². The molecule has 0 bridgehead atoms. The molecular weight excluding hydrogens is 425 g/mol. The molecule has 1 aromatic heterocycles. The predicted octanol–water partition coefficient (Wildman–Crippen LogP) is 5.47. The van der Waals surface area contributed by atoms with Gasteiger partial charge in [-0.3, -0.25) is 9.59 Å². The van der Waals surface area contributed by atoms with Crippen molar-refractivity contribution in [3.05, 3.63) is 87.1 Å². The Hall–Kier alpha value is -2.84. The Morgan fingerprint density at radius 3 is 2.34 bits per heavy atom. The smallest absolute Gasteiger partial charge is 0.358 e. The third-order valence-electron chi connectivity index (χ3n) is 3.93. The van der Waals surface area contributed by atoms with E-state index in [1.165, 1.54) is 11.3 Å². The van der Waals surface area contributed by atoms with Gasteiger partial charge in [0.1, 0.15) is 0 Å². The average molecular weight is 439 g/mol. The highest BCUT2D eigenvalue weighted by Crippen LogP contribution is 2.34. The molecule has 0 unspecified atom stereocenters. The Kier molecular flexibility index (Phi) is 6.24. The van der Waals surface area contributed by atoms with E-state index in [0.717, 1.165) is 18.2 Å². The minimum absolute atomic E-state index is 0.0192. The topological polar surface area (TPSA) is 58.2 Å². The number of halogens is 4. The van der Waals surface area contributed by atoms with Gasteiger partial charge in [-0.05, 0) is 29.6 Å². The van der Waals surface area contributed by atoms with Gasteiger partial charge in [-0.1, -0.05) is 48.0 Å². The number of nitrogens with one attached hydrogen (secondary N) is 2. The van der Waals surface area contributed by atoms with Crippen LogP contribution in [0.2, 0.25) is 5.02 Å². The predicted molar refractivity (Wildman–Crippen MR) is 106 cm³/mol. The van der Waals surface area contributed by atoms with Crippen molar-refractivity contribution in [2.75, 3.05) is 5.32 Å². The van der Waals surface area contributed by atoms with E-state index in [1.54, 1.807) is 47.8 Å². The van der Waals surface area contributed by atoms with Gasteiger partial charge in [-0.2, -0.15) is 13.2 Å². The molecule has 4 nitrogen and oxygen atoms in total. The van der Waals surface area contributed by atoms with Gasteiger partial charge in [-0.15, -0.1) is 11.3 Å². The van der Waals surface area contributed by atoms with Gasteiger partial charge in [0.25, 0.3) is 5.91 Å². The number of benzene rings is 2. The van der Waals surface area contributed by atoms with Crippen LogP contribution in [0.5, 0.6) is 0 Å². The third kappa shape index (κ3) is 5.16. The Morgan fingerprint density at radius 2 is 1.72 bits per heavy atom. The molecule has 0 spiro atoms. The summed E-state index contributed by atoms with van der Waals surface area (Å²) in [7, 11) is 0. The van der Waals surface area contributed by atoms with Crippen molar-refractivity contribution in [2.45, 2.75) is 12.3 Å². The van der Waals surface area contributed by atoms with E-state index in [2.05, 4.69) is 10.6 Å². The summed E-state index contributed by atoms with van der Waals surface area (Å²) in [6.45, 7) is 0. The summed E-state index contributed by atoms with van der Waals surface area (Å²) in [5.41, 5.74) is -0.776. The van der Waals surface area contributed by atoms with Crippen molar-refractivity contribution >= 4 is 40.3 Å². The van der Waals surface area contributed by atoms with Gasteiger partial charge in [-0.25, -0.2) is 0 Å². The minimum atomic E-state index is -4.58. The highest BCUT2D eigenvalue weighted by Gasteiger charge is 2.32. The summed E-state index contributed by atoms with van der Waals surface area (Å²) in [5, 5.41) is 6.84. The first-order valence-electron chi connectivity index (χ1n) is 8.32. The molecule has 9 heteroatoms. The molecule has 0 saturated heterocycles. The fourth-order valence-electron chi connectivity index (χ4n) is 2.51. The zero-order valence-corrected chi connectivity index (χ0v) is 16.2. The number of anilines is 1. The average Bonchev–Trinajstić information content (AvgIpc) is 3.23. The number of ketones is 1. The lowest BCUT2D eigenvalue weighted by atomic mass is 10.1. The van der Waals surface area contributed by atoms with Crippen molar-refractivity contribution < 1.29 is 22.8 Å². The number of rotatable bonds is 6. The molecule has 0 aliphatic carbocycles. The molecule has 0 fully saturated rings. The van der Waals surface area contributed by atoms with Crippen LogP contribution in [0.4, 0.5) is 18.9 Å². The van der Waals surface area contributed by atoms with E-state index in [-0.39, 0.29) is 16.3 Å². The Balaban J connectivity index is 1.93. The lowest BCUT2D eigenvalue weighted by Crippen LogP contribution is -2.46. The van der Waals surface area contributed by atoms with E-state index in [0.29, 0.717) is 4.88 Å². The van der Waals surface area contributed by atoms with E-state index in [4.69, 9.17) is 11.6 Å². The molecule has 3 rings (SSSR count). The number of carbonyl (C=O) groups is 2. The van der Waals surface area contributed by atoms with Crippen LogP contribution in [0.25, 0.3) is 0 Å². The van der Waals surface area contributed by atoms with Gasteiger partial charge in [0.05, 0.1) is 21.2 Å². The lowest BCUT2D eigenvalue weighted by Gasteiger charge is -2.21. The van der Waals surface area contributed by atoms with Crippen molar-refractivity contribution in [3.63, 3.8) is 0 Å². The minimum Gasteiger partial charge on any atom is -0.358 e. The fraction of sp³-hybridized carbons (Fsp3) is 0.100. The maximum atomic E-state index is 13.1. The number of amides is 1. The second-order valence-corrected chi connectivity index (χ2v) is 7.31. The van der Waals surface area contributed by atoms with E-state index >= 15 is 0 Å². The maximum absolute atomic E-state index is 13.1. The number of thiophene rings is 1. The molecule has 29 heavy (non-hydrogen) atoms. The first-order valence-corrected chi connectivity index (χ1v) is 9.58. The van der Waals surface area contributed by atoms with Crippen LogP contribution < -0.4 is 10.6 Å². The maximum Gasteiger partial charge on any atom is 0.416 e. The summed E-state index contributed by atoms with van der Waals surface area (Å²) in [6, 6.07) is 14.0. The summed E-state index contributed by atoms with van der Waals surface area (Å²) in [6.07, 6.45) is -5.91. The Morgan fingerprint density at radius 1 is 1.00 bits per heavy atom. The summed E-state index contributed by atoms with van der Waals surface area (Å²) < 4.78 is 39.2. The number of carbonyl (C=O) groups excluding carboxylic acids is 2. The molecule has 1 amide bonds. The van der Waals surface area contributed by atoms with Crippen molar-refractivity contribution in [2.24, 2.45) is 0 Å². The first-order chi connectivity index (χ1) is 13.8. The molecule has 2 aromatic carbocycles. The molecule has 1 heterocycles. The monoisotopic (exact) mass is 438 g/mol. The molecule has 0 saturated carbocycles. The lowest BCUT2D eigenvalue weighted by molar-refractivity contribution is -0.137. The quantitative estimate of drug-likeness (QED) is 0.396. The summed E-state index contributed by atoms with van der Waals surface area (Å²) in [5.74, 6) is -1.06. The van der Waals surface area contributed by atoms with Gasteiger partial charge in [0.2, 0.25) is 5.78 Å². The van der Waals surface area contributed by atoms with Gasteiger partial charge in [0.15, 0.2) is 6.17 Å². The van der Waals surface area contributed by atoms with Gasteiger partial charge in [0, 0.05) is 5.56 Å². The zero-order chi connectivity index (χ0) is 21.0. The highest BCUT2D eigenvalue weighted by molar-refractivity contribution is 7.12. The molecule has 0 radical (unpaired) electrons. The standard InChI is InChI=1S/C20H14ClF3N2O2S/c21-14-9-8-13(20(22,23)24)11-15(14)25-18(17(27)12-5-2-1-3-6-12)26-19(28)16-7-4-10-29-16/h1-11,18,25H,(H,26,28)/t18-/m0/s1. The molecule has 1 atom stereocenters. The van der Waals surface area contributed by atoms with E-state index in [9.17, 15) is 22.8 Å².